The molecule has 0 spiro atoms. The minimum absolute atomic E-state index is 0.397. The van der Waals surface area contributed by atoms with Gasteiger partial charge in [0.15, 0.2) is 0 Å². The molecule has 0 radical (unpaired) electrons. The number of nitrogens with one attached hydrogen (secondary N) is 1. The number of rotatable bonds is 3. The quantitative estimate of drug-likeness (QED) is 0.816. The van der Waals surface area contributed by atoms with E-state index in [-0.39, 0.29) is 0 Å². The molecule has 2 fully saturated rings. The number of carbonyl (C=O) groups excluding carboxylic acids is 1. The first-order chi connectivity index (χ1) is 8.29. The molecule has 0 aromatic heterocycles. The molecule has 3 heteroatoms. The highest BCUT2D eigenvalue weighted by Crippen LogP contribution is 2.22. The van der Waals surface area contributed by atoms with Crippen LogP contribution >= 0.6 is 0 Å². The lowest BCUT2D eigenvalue weighted by Crippen LogP contribution is -2.40. The third-order valence-electron chi connectivity index (χ3n) is 4.41. The molecule has 3 nitrogen and oxygen atoms in total. The van der Waals surface area contributed by atoms with E-state index in [1.165, 1.54) is 32.1 Å². The summed E-state index contributed by atoms with van der Waals surface area (Å²) >= 11 is 0. The number of hydrogen-bond acceptors (Lipinski definition) is 2. The molecule has 2 heterocycles. The van der Waals surface area contributed by atoms with Gasteiger partial charge in [0, 0.05) is 19.5 Å². The largest absolute Gasteiger partial charge is 0.343 e. The Hall–Kier alpha value is -0.570. The Bertz CT molecular complexity index is 241. The standard InChI is InChI=1S/C14H26N2O/c1-2-12-5-8-16(9-6-12)14(17)10-13-4-3-7-15-11-13/h12-13,15H,2-11H2,1H3. The molecule has 0 aromatic carbocycles. The van der Waals surface area contributed by atoms with E-state index in [4.69, 9.17) is 0 Å². The Morgan fingerprint density at radius 2 is 2.00 bits per heavy atom. The summed E-state index contributed by atoms with van der Waals surface area (Å²) in [6.45, 7) is 6.43. The van der Waals surface area contributed by atoms with Crippen LogP contribution in [0.25, 0.3) is 0 Å². The van der Waals surface area contributed by atoms with Crippen molar-refractivity contribution in [2.75, 3.05) is 26.2 Å². The Morgan fingerprint density at radius 3 is 2.59 bits per heavy atom. The normalized spacial score (nSPS) is 27.1. The zero-order chi connectivity index (χ0) is 12.1. The van der Waals surface area contributed by atoms with Crippen LogP contribution in [0.2, 0.25) is 0 Å². The summed E-state index contributed by atoms with van der Waals surface area (Å²) < 4.78 is 0. The van der Waals surface area contributed by atoms with Crippen LogP contribution < -0.4 is 5.32 Å². The molecule has 1 unspecified atom stereocenters. The smallest absolute Gasteiger partial charge is 0.222 e. The highest BCUT2D eigenvalue weighted by Gasteiger charge is 2.24. The van der Waals surface area contributed by atoms with Crippen LogP contribution in [0.3, 0.4) is 0 Å². The van der Waals surface area contributed by atoms with Crippen molar-refractivity contribution in [1.82, 2.24) is 10.2 Å². The van der Waals surface area contributed by atoms with Crippen molar-refractivity contribution in [2.45, 2.75) is 45.4 Å². The second-order valence-electron chi connectivity index (χ2n) is 5.65. The highest BCUT2D eigenvalue weighted by molar-refractivity contribution is 5.76. The molecule has 0 aromatic rings. The summed E-state index contributed by atoms with van der Waals surface area (Å²) in [7, 11) is 0. The van der Waals surface area contributed by atoms with Crippen molar-refractivity contribution >= 4 is 5.91 Å². The van der Waals surface area contributed by atoms with Gasteiger partial charge in [-0.3, -0.25) is 4.79 Å². The molecule has 2 aliphatic heterocycles. The molecule has 17 heavy (non-hydrogen) atoms. The Kier molecular flexibility index (Phi) is 4.84. The number of piperidine rings is 2. The van der Waals surface area contributed by atoms with Gasteiger partial charge in [-0.25, -0.2) is 0 Å². The fourth-order valence-corrected chi connectivity index (χ4v) is 3.06. The SMILES string of the molecule is CCC1CCN(C(=O)CC2CCCNC2)CC1. The predicted molar refractivity (Wildman–Crippen MR) is 69.8 cm³/mol. The molecular weight excluding hydrogens is 212 g/mol. The Labute approximate surface area is 105 Å². The molecule has 98 valence electrons. The van der Waals surface area contributed by atoms with Gasteiger partial charge in [-0.1, -0.05) is 13.3 Å². The molecule has 2 saturated heterocycles. The summed E-state index contributed by atoms with van der Waals surface area (Å²) in [6, 6.07) is 0. The fraction of sp³-hybridized carbons (Fsp3) is 0.929. The minimum atomic E-state index is 0.397. The lowest BCUT2D eigenvalue weighted by molar-refractivity contribution is -0.133. The van der Waals surface area contributed by atoms with Crippen molar-refractivity contribution in [3.63, 3.8) is 0 Å². The Balaban J connectivity index is 1.72. The van der Waals surface area contributed by atoms with Gasteiger partial charge < -0.3 is 10.2 Å². The number of hydrogen-bond donors (Lipinski definition) is 1. The first-order valence-corrected chi connectivity index (χ1v) is 7.28. The molecule has 1 amide bonds. The molecule has 1 atom stereocenters. The third kappa shape index (κ3) is 3.70. The van der Waals surface area contributed by atoms with Crippen molar-refractivity contribution in [3.8, 4) is 0 Å². The van der Waals surface area contributed by atoms with Gasteiger partial charge >= 0.3 is 0 Å². The van der Waals surface area contributed by atoms with E-state index < -0.39 is 0 Å². The second kappa shape index (κ2) is 6.39. The lowest BCUT2D eigenvalue weighted by Gasteiger charge is -2.33. The van der Waals surface area contributed by atoms with E-state index in [2.05, 4.69) is 17.1 Å². The second-order valence-corrected chi connectivity index (χ2v) is 5.65. The van der Waals surface area contributed by atoms with E-state index in [1.807, 2.05) is 0 Å². The maximum absolute atomic E-state index is 12.2. The van der Waals surface area contributed by atoms with Crippen LogP contribution in [0.5, 0.6) is 0 Å². The van der Waals surface area contributed by atoms with Gasteiger partial charge in [0.2, 0.25) is 5.91 Å². The van der Waals surface area contributed by atoms with E-state index in [9.17, 15) is 4.79 Å². The van der Waals surface area contributed by atoms with Crippen LogP contribution in [0.1, 0.15) is 45.4 Å². The van der Waals surface area contributed by atoms with Crippen LogP contribution in [0.4, 0.5) is 0 Å². The Morgan fingerprint density at radius 1 is 1.24 bits per heavy atom. The van der Waals surface area contributed by atoms with E-state index in [0.29, 0.717) is 11.8 Å². The van der Waals surface area contributed by atoms with E-state index in [1.54, 1.807) is 0 Å². The average molecular weight is 238 g/mol. The molecule has 2 rings (SSSR count). The van der Waals surface area contributed by atoms with Crippen molar-refractivity contribution < 1.29 is 4.79 Å². The number of nitrogens with zero attached hydrogens (tertiary/aromatic N) is 1. The summed E-state index contributed by atoms with van der Waals surface area (Å²) in [5.41, 5.74) is 0. The van der Waals surface area contributed by atoms with Gasteiger partial charge in [0.25, 0.3) is 0 Å². The fourth-order valence-electron chi connectivity index (χ4n) is 3.06. The molecule has 0 aliphatic carbocycles. The predicted octanol–water partition coefficient (Wildman–Crippen LogP) is 2.02. The van der Waals surface area contributed by atoms with Gasteiger partial charge in [0.1, 0.15) is 0 Å². The first-order valence-electron chi connectivity index (χ1n) is 7.28. The zero-order valence-corrected chi connectivity index (χ0v) is 11.1. The van der Waals surface area contributed by atoms with Gasteiger partial charge in [-0.15, -0.1) is 0 Å². The third-order valence-corrected chi connectivity index (χ3v) is 4.41. The summed E-state index contributed by atoms with van der Waals surface area (Å²) in [4.78, 5) is 14.3. The number of amides is 1. The van der Waals surface area contributed by atoms with Crippen LogP contribution in [-0.4, -0.2) is 37.0 Å². The molecule has 2 aliphatic rings. The number of carbonyl (C=O) groups is 1. The van der Waals surface area contributed by atoms with Crippen molar-refractivity contribution in [3.05, 3.63) is 0 Å². The topological polar surface area (TPSA) is 32.3 Å². The van der Waals surface area contributed by atoms with Crippen LogP contribution in [-0.2, 0) is 4.79 Å². The maximum Gasteiger partial charge on any atom is 0.222 e. The van der Waals surface area contributed by atoms with Gasteiger partial charge in [-0.2, -0.15) is 0 Å². The summed E-state index contributed by atoms with van der Waals surface area (Å²) in [5.74, 6) is 1.84. The lowest BCUT2D eigenvalue weighted by atomic mass is 9.92. The van der Waals surface area contributed by atoms with Gasteiger partial charge in [0.05, 0.1) is 0 Å². The van der Waals surface area contributed by atoms with Crippen LogP contribution in [0.15, 0.2) is 0 Å². The average Bonchev–Trinajstić information content (AvgIpc) is 2.40. The van der Waals surface area contributed by atoms with E-state index in [0.717, 1.165) is 38.5 Å². The molecule has 0 bridgehead atoms. The molecule has 0 saturated carbocycles. The summed E-state index contributed by atoms with van der Waals surface area (Å²) in [6.07, 6.45) is 6.93. The van der Waals surface area contributed by atoms with Gasteiger partial charge in [-0.05, 0) is 50.6 Å². The molecular formula is C14H26N2O. The van der Waals surface area contributed by atoms with Crippen LogP contribution in [0, 0.1) is 11.8 Å². The first kappa shape index (κ1) is 12.9. The molecule has 1 N–H and O–H groups in total. The number of likely N-dealkylation sites (tertiary alicyclic amines) is 1. The minimum Gasteiger partial charge on any atom is -0.343 e. The maximum atomic E-state index is 12.2. The summed E-state index contributed by atoms with van der Waals surface area (Å²) in [5, 5.41) is 3.39. The monoisotopic (exact) mass is 238 g/mol. The van der Waals surface area contributed by atoms with Crippen molar-refractivity contribution in [2.24, 2.45) is 11.8 Å². The van der Waals surface area contributed by atoms with Crippen molar-refractivity contribution in [1.29, 1.82) is 0 Å². The highest BCUT2D eigenvalue weighted by atomic mass is 16.2. The van der Waals surface area contributed by atoms with E-state index >= 15 is 0 Å². The zero-order valence-electron chi connectivity index (χ0n) is 11.1.